The molecule has 1 aliphatic rings. The zero-order chi connectivity index (χ0) is 12.3. The van der Waals surface area contributed by atoms with Crippen molar-refractivity contribution in [1.29, 1.82) is 0 Å². The van der Waals surface area contributed by atoms with Crippen LogP contribution in [0.5, 0.6) is 0 Å². The molecule has 1 rings (SSSR count). The highest BCUT2D eigenvalue weighted by atomic mass is 16.5. The topological polar surface area (TPSA) is 122 Å². The van der Waals surface area contributed by atoms with Crippen LogP contribution in [-0.4, -0.2) is 54.0 Å². The van der Waals surface area contributed by atoms with Gasteiger partial charge in [-0.15, -0.1) is 0 Å². The van der Waals surface area contributed by atoms with E-state index in [1.54, 1.807) is 6.92 Å². The normalized spacial score (nSPS) is 31.1. The van der Waals surface area contributed by atoms with Crippen LogP contribution in [0.2, 0.25) is 0 Å². The number of rotatable bonds is 4. The Morgan fingerprint density at radius 3 is 2.75 bits per heavy atom. The smallest absolute Gasteiger partial charge is 0.334 e. The van der Waals surface area contributed by atoms with Crippen molar-refractivity contribution in [2.45, 2.75) is 19.1 Å². The van der Waals surface area contributed by atoms with Crippen molar-refractivity contribution in [2.24, 2.45) is 11.1 Å². The molecule has 7 nitrogen and oxygen atoms in total. The number of aliphatic hydroxyl groups is 1. The summed E-state index contributed by atoms with van der Waals surface area (Å²) in [6, 6.07) is -0.422. The van der Waals surface area contributed by atoms with Gasteiger partial charge < -0.3 is 26.0 Å². The number of carbonyl (C=O) groups is 2. The summed E-state index contributed by atoms with van der Waals surface area (Å²) < 4.78 is 5.08. The molecule has 0 aliphatic carbocycles. The minimum atomic E-state index is -1.61. The fourth-order valence-corrected chi connectivity index (χ4v) is 1.40. The lowest BCUT2D eigenvalue weighted by atomic mass is 9.85. The van der Waals surface area contributed by atoms with E-state index < -0.39 is 29.4 Å². The van der Waals surface area contributed by atoms with E-state index in [0.29, 0.717) is 6.61 Å². The Labute approximate surface area is 92.6 Å². The van der Waals surface area contributed by atoms with Gasteiger partial charge in [0.05, 0.1) is 25.2 Å². The van der Waals surface area contributed by atoms with Gasteiger partial charge in [-0.25, -0.2) is 4.79 Å². The van der Waals surface area contributed by atoms with E-state index >= 15 is 0 Å². The van der Waals surface area contributed by atoms with E-state index in [1.165, 1.54) is 0 Å². The van der Waals surface area contributed by atoms with E-state index in [0.717, 1.165) is 0 Å². The van der Waals surface area contributed by atoms with Crippen molar-refractivity contribution < 1.29 is 24.5 Å². The molecule has 0 saturated carbocycles. The Morgan fingerprint density at radius 2 is 2.31 bits per heavy atom. The van der Waals surface area contributed by atoms with Crippen molar-refractivity contribution in [3.63, 3.8) is 0 Å². The van der Waals surface area contributed by atoms with Crippen LogP contribution in [0, 0.1) is 5.41 Å². The minimum absolute atomic E-state index is 0.198. The number of carboxylic acids is 1. The van der Waals surface area contributed by atoms with Crippen molar-refractivity contribution in [2.75, 3.05) is 19.8 Å². The predicted octanol–water partition coefficient (Wildman–Crippen LogP) is -2.09. The zero-order valence-corrected chi connectivity index (χ0v) is 8.97. The van der Waals surface area contributed by atoms with Crippen molar-refractivity contribution in [3.05, 3.63) is 0 Å². The summed E-state index contributed by atoms with van der Waals surface area (Å²) in [6.07, 6.45) is -1.61. The summed E-state index contributed by atoms with van der Waals surface area (Å²) in [5, 5.41) is 19.8. The van der Waals surface area contributed by atoms with Gasteiger partial charge in [0.15, 0.2) is 6.10 Å². The monoisotopic (exact) mass is 232 g/mol. The Hall–Kier alpha value is -1.18. The van der Waals surface area contributed by atoms with Gasteiger partial charge in [0.2, 0.25) is 5.91 Å². The second kappa shape index (κ2) is 4.77. The molecule has 3 atom stereocenters. The first-order valence-electron chi connectivity index (χ1n) is 4.90. The molecule has 1 fully saturated rings. The molecule has 92 valence electrons. The molecule has 0 aromatic heterocycles. The standard InChI is InChI=1S/C9H16N2O5/c1-9(4-16-3-6(9)10)8(15)11-2-5(12)7(13)14/h5-6,12H,2-4,10H2,1H3,(H,11,15)(H,13,14)/t5-,6?,9?/m0/s1. The third-order valence-electron chi connectivity index (χ3n) is 2.78. The van der Waals surface area contributed by atoms with E-state index in [1.807, 2.05) is 0 Å². The maximum absolute atomic E-state index is 11.7. The molecule has 0 radical (unpaired) electrons. The molecule has 1 saturated heterocycles. The average molecular weight is 232 g/mol. The number of amides is 1. The lowest BCUT2D eigenvalue weighted by Crippen LogP contribution is -2.51. The van der Waals surface area contributed by atoms with Crippen LogP contribution in [0.1, 0.15) is 6.92 Å². The van der Waals surface area contributed by atoms with Crippen LogP contribution in [0.3, 0.4) is 0 Å². The number of carboxylic acid groups (broad SMARTS) is 1. The molecule has 2 unspecified atom stereocenters. The molecule has 0 spiro atoms. The molecule has 0 aromatic carbocycles. The molecular formula is C9H16N2O5. The largest absolute Gasteiger partial charge is 0.479 e. The molecular weight excluding hydrogens is 216 g/mol. The maximum Gasteiger partial charge on any atom is 0.334 e. The highest BCUT2D eigenvalue weighted by Crippen LogP contribution is 2.26. The van der Waals surface area contributed by atoms with Gasteiger partial charge in [-0.2, -0.15) is 0 Å². The van der Waals surface area contributed by atoms with Crippen LogP contribution in [0.4, 0.5) is 0 Å². The fourth-order valence-electron chi connectivity index (χ4n) is 1.40. The van der Waals surface area contributed by atoms with Crippen LogP contribution in [0.15, 0.2) is 0 Å². The second-order valence-corrected chi connectivity index (χ2v) is 4.10. The number of hydrogen-bond donors (Lipinski definition) is 4. The second-order valence-electron chi connectivity index (χ2n) is 4.10. The lowest BCUT2D eigenvalue weighted by Gasteiger charge is -2.25. The van der Waals surface area contributed by atoms with E-state index in [4.69, 9.17) is 20.7 Å². The van der Waals surface area contributed by atoms with Gasteiger partial charge in [0, 0.05) is 6.04 Å². The number of nitrogens with two attached hydrogens (primary N) is 1. The third kappa shape index (κ3) is 2.49. The van der Waals surface area contributed by atoms with Crippen molar-refractivity contribution >= 4 is 11.9 Å². The first-order chi connectivity index (χ1) is 7.38. The number of ether oxygens (including phenoxy) is 1. The average Bonchev–Trinajstić information content (AvgIpc) is 2.56. The summed E-state index contributed by atoms with van der Waals surface area (Å²) in [4.78, 5) is 22.1. The Morgan fingerprint density at radius 1 is 1.69 bits per heavy atom. The highest BCUT2D eigenvalue weighted by molar-refractivity contribution is 5.84. The summed E-state index contributed by atoms with van der Waals surface area (Å²) in [6.45, 7) is 1.80. The van der Waals surface area contributed by atoms with Gasteiger partial charge in [0.1, 0.15) is 0 Å². The summed E-state index contributed by atoms with van der Waals surface area (Å²) in [7, 11) is 0. The van der Waals surface area contributed by atoms with Crippen LogP contribution >= 0.6 is 0 Å². The zero-order valence-electron chi connectivity index (χ0n) is 8.97. The lowest BCUT2D eigenvalue weighted by molar-refractivity contribution is -0.146. The molecule has 1 aliphatic heterocycles. The first kappa shape index (κ1) is 12.9. The fraction of sp³-hybridized carbons (Fsp3) is 0.778. The number of aliphatic hydroxyl groups excluding tert-OH is 1. The molecule has 1 amide bonds. The molecule has 16 heavy (non-hydrogen) atoms. The SMILES string of the molecule is CC1(C(=O)NC[C@H](O)C(=O)O)COCC1N. The maximum atomic E-state index is 11.7. The van der Waals surface area contributed by atoms with Gasteiger partial charge in [0.25, 0.3) is 0 Å². The first-order valence-corrected chi connectivity index (χ1v) is 4.90. The van der Waals surface area contributed by atoms with Gasteiger partial charge in [-0.3, -0.25) is 4.79 Å². The van der Waals surface area contributed by atoms with Gasteiger partial charge in [-0.1, -0.05) is 0 Å². The van der Waals surface area contributed by atoms with E-state index in [9.17, 15) is 9.59 Å². The summed E-state index contributed by atoms with van der Waals surface area (Å²) in [5.41, 5.74) is 4.85. The van der Waals surface area contributed by atoms with Crippen LogP contribution in [0.25, 0.3) is 0 Å². The van der Waals surface area contributed by atoms with Crippen molar-refractivity contribution in [1.82, 2.24) is 5.32 Å². The number of carbonyl (C=O) groups excluding carboxylic acids is 1. The van der Waals surface area contributed by atoms with E-state index in [-0.39, 0.29) is 13.2 Å². The van der Waals surface area contributed by atoms with Crippen molar-refractivity contribution in [3.8, 4) is 0 Å². The van der Waals surface area contributed by atoms with Crippen LogP contribution < -0.4 is 11.1 Å². The molecule has 5 N–H and O–H groups in total. The Kier molecular flexibility index (Phi) is 3.84. The third-order valence-corrected chi connectivity index (χ3v) is 2.78. The molecule has 0 aromatic rings. The Balaban J connectivity index is 2.49. The van der Waals surface area contributed by atoms with Gasteiger partial charge in [-0.05, 0) is 6.92 Å². The number of aliphatic carboxylic acids is 1. The van der Waals surface area contributed by atoms with Gasteiger partial charge >= 0.3 is 5.97 Å². The summed E-state index contributed by atoms with van der Waals surface area (Å²) in [5.74, 6) is -1.78. The van der Waals surface area contributed by atoms with Crippen LogP contribution in [-0.2, 0) is 14.3 Å². The highest BCUT2D eigenvalue weighted by Gasteiger charge is 2.44. The minimum Gasteiger partial charge on any atom is -0.479 e. The summed E-state index contributed by atoms with van der Waals surface area (Å²) >= 11 is 0. The molecule has 7 heteroatoms. The number of hydrogen-bond acceptors (Lipinski definition) is 5. The number of nitrogens with one attached hydrogen (secondary N) is 1. The molecule has 0 bridgehead atoms. The van der Waals surface area contributed by atoms with E-state index in [2.05, 4.69) is 5.32 Å². The quantitative estimate of drug-likeness (QED) is 0.441. The molecule has 1 heterocycles. The predicted molar refractivity (Wildman–Crippen MR) is 53.6 cm³/mol. The Bertz CT molecular complexity index is 296.